The van der Waals surface area contributed by atoms with Crippen LogP contribution in [0.25, 0.3) is 22.5 Å². The summed E-state index contributed by atoms with van der Waals surface area (Å²) in [5, 5.41) is 0. The molecule has 124 valence electrons. The molecule has 2 aromatic heterocycles. The number of rotatable bonds is 3. The Morgan fingerprint density at radius 1 is 1.00 bits per heavy atom. The van der Waals surface area contributed by atoms with Crippen LogP contribution in [-0.2, 0) is 17.6 Å². The molecule has 0 saturated carbocycles. The second-order valence-corrected chi connectivity index (χ2v) is 6.10. The number of nitrogens with zero attached hydrogens (tertiary/aromatic N) is 2. The first-order valence-electron chi connectivity index (χ1n) is 8.40. The molecule has 3 aromatic rings. The number of carbonyl (C=O) groups excluding carboxylic acids is 1. The van der Waals surface area contributed by atoms with Crippen LogP contribution in [0.1, 0.15) is 28.0 Å². The van der Waals surface area contributed by atoms with Crippen molar-refractivity contribution in [3.8, 4) is 22.5 Å². The summed E-state index contributed by atoms with van der Waals surface area (Å²) < 4.78 is 4.77. The Hall–Kier alpha value is -3.01. The van der Waals surface area contributed by atoms with Crippen molar-refractivity contribution in [3.63, 3.8) is 0 Å². The number of hydrogen-bond acceptors (Lipinski definition) is 4. The van der Waals surface area contributed by atoms with E-state index in [0.29, 0.717) is 5.69 Å². The van der Waals surface area contributed by atoms with Gasteiger partial charge in [-0.05, 0) is 48.1 Å². The van der Waals surface area contributed by atoms with E-state index >= 15 is 0 Å². The first-order chi connectivity index (χ1) is 12.3. The fourth-order valence-electron chi connectivity index (χ4n) is 3.46. The van der Waals surface area contributed by atoms with Gasteiger partial charge in [0.1, 0.15) is 5.69 Å². The number of methoxy groups -OCH3 is 1. The van der Waals surface area contributed by atoms with E-state index in [0.717, 1.165) is 30.7 Å². The number of esters is 1. The highest BCUT2D eigenvalue weighted by molar-refractivity contribution is 5.88. The minimum Gasteiger partial charge on any atom is -0.464 e. The lowest BCUT2D eigenvalue weighted by Gasteiger charge is -2.12. The zero-order valence-corrected chi connectivity index (χ0v) is 14.0. The summed E-state index contributed by atoms with van der Waals surface area (Å²) in [5.74, 6) is -0.431. The van der Waals surface area contributed by atoms with Crippen molar-refractivity contribution in [2.24, 2.45) is 0 Å². The summed E-state index contributed by atoms with van der Waals surface area (Å²) in [7, 11) is 1.36. The van der Waals surface area contributed by atoms with Crippen LogP contribution in [0.3, 0.4) is 0 Å². The van der Waals surface area contributed by atoms with Crippen molar-refractivity contribution in [1.82, 2.24) is 9.97 Å². The summed E-state index contributed by atoms with van der Waals surface area (Å²) in [6, 6.07) is 15.7. The lowest BCUT2D eigenvalue weighted by Crippen LogP contribution is -2.05. The highest BCUT2D eigenvalue weighted by Gasteiger charge is 2.22. The van der Waals surface area contributed by atoms with Gasteiger partial charge in [-0.15, -0.1) is 0 Å². The Bertz CT molecular complexity index is 936. The highest BCUT2D eigenvalue weighted by Crippen LogP contribution is 2.36. The number of fused-ring (bicyclic) bond motifs is 1. The highest BCUT2D eigenvalue weighted by atomic mass is 16.5. The Morgan fingerprint density at radius 2 is 1.80 bits per heavy atom. The van der Waals surface area contributed by atoms with E-state index in [1.165, 1.54) is 29.4 Å². The molecule has 1 aromatic carbocycles. The lowest BCUT2D eigenvalue weighted by atomic mass is 9.97. The van der Waals surface area contributed by atoms with E-state index in [4.69, 9.17) is 9.72 Å². The largest absolute Gasteiger partial charge is 0.464 e. The molecular weight excluding hydrogens is 312 g/mol. The molecule has 0 spiro atoms. The standard InChI is InChI=1S/C21H18N2O2/c1-25-21(24)19-12-6-11-18(23-19)20-16-10-5-9-15(16)17(13-22-20)14-7-3-2-4-8-14/h2-4,6-8,11-13H,5,9-10H2,1H3. The number of hydrogen-bond donors (Lipinski definition) is 0. The molecule has 4 heteroatoms. The molecule has 1 aliphatic rings. The van der Waals surface area contributed by atoms with Crippen LogP contribution in [0.15, 0.2) is 54.7 Å². The third-order valence-electron chi connectivity index (χ3n) is 4.62. The molecule has 2 heterocycles. The van der Waals surface area contributed by atoms with E-state index in [-0.39, 0.29) is 0 Å². The van der Waals surface area contributed by atoms with E-state index in [9.17, 15) is 4.79 Å². The van der Waals surface area contributed by atoms with Crippen LogP contribution in [0.4, 0.5) is 0 Å². The van der Waals surface area contributed by atoms with Gasteiger partial charge >= 0.3 is 5.97 Å². The topological polar surface area (TPSA) is 52.1 Å². The third-order valence-corrected chi connectivity index (χ3v) is 4.62. The SMILES string of the molecule is COC(=O)c1cccc(-c2ncc(-c3ccccc3)c3c2CCC3)n1. The second kappa shape index (κ2) is 6.48. The first kappa shape index (κ1) is 15.5. The zero-order valence-electron chi connectivity index (χ0n) is 14.0. The average molecular weight is 330 g/mol. The van der Waals surface area contributed by atoms with Crippen molar-refractivity contribution < 1.29 is 9.53 Å². The normalized spacial score (nSPS) is 12.7. The molecule has 0 unspecified atom stereocenters. The summed E-state index contributed by atoms with van der Waals surface area (Å²) in [4.78, 5) is 20.9. The molecule has 25 heavy (non-hydrogen) atoms. The molecular formula is C21H18N2O2. The van der Waals surface area contributed by atoms with Crippen molar-refractivity contribution in [2.75, 3.05) is 7.11 Å². The van der Waals surface area contributed by atoms with Crippen molar-refractivity contribution in [1.29, 1.82) is 0 Å². The monoisotopic (exact) mass is 330 g/mol. The van der Waals surface area contributed by atoms with Gasteiger partial charge in [0.15, 0.2) is 0 Å². The molecule has 0 amide bonds. The van der Waals surface area contributed by atoms with E-state index in [2.05, 4.69) is 17.1 Å². The van der Waals surface area contributed by atoms with Gasteiger partial charge in [-0.2, -0.15) is 0 Å². The molecule has 0 aliphatic heterocycles. The maximum atomic E-state index is 11.8. The predicted octanol–water partition coefficient (Wildman–Crippen LogP) is 4.09. The van der Waals surface area contributed by atoms with E-state index < -0.39 is 5.97 Å². The molecule has 0 fully saturated rings. The van der Waals surface area contributed by atoms with E-state index in [1.807, 2.05) is 36.5 Å². The van der Waals surface area contributed by atoms with Crippen molar-refractivity contribution in [3.05, 3.63) is 71.5 Å². The number of carbonyl (C=O) groups is 1. The van der Waals surface area contributed by atoms with Crippen LogP contribution in [0.2, 0.25) is 0 Å². The molecule has 4 rings (SSSR count). The van der Waals surface area contributed by atoms with Gasteiger partial charge in [0, 0.05) is 11.8 Å². The molecule has 0 N–H and O–H groups in total. The number of aromatic nitrogens is 2. The molecule has 0 saturated heterocycles. The van der Waals surface area contributed by atoms with Crippen LogP contribution in [-0.4, -0.2) is 23.0 Å². The fourth-order valence-corrected chi connectivity index (χ4v) is 3.46. The Labute approximate surface area is 146 Å². The molecule has 0 bridgehead atoms. The quantitative estimate of drug-likeness (QED) is 0.679. The van der Waals surface area contributed by atoms with Crippen LogP contribution in [0, 0.1) is 0 Å². The third kappa shape index (κ3) is 2.80. The van der Waals surface area contributed by atoms with Crippen LogP contribution >= 0.6 is 0 Å². The van der Waals surface area contributed by atoms with Crippen molar-refractivity contribution in [2.45, 2.75) is 19.3 Å². The number of pyridine rings is 2. The van der Waals surface area contributed by atoms with Gasteiger partial charge < -0.3 is 4.74 Å². The minimum atomic E-state index is -0.431. The van der Waals surface area contributed by atoms with E-state index in [1.54, 1.807) is 6.07 Å². The zero-order chi connectivity index (χ0) is 17.2. The van der Waals surface area contributed by atoms with Gasteiger partial charge in [-0.3, -0.25) is 4.98 Å². The molecule has 4 nitrogen and oxygen atoms in total. The molecule has 0 atom stereocenters. The Balaban J connectivity index is 1.83. The summed E-state index contributed by atoms with van der Waals surface area (Å²) in [6.45, 7) is 0. The minimum absolute atomic E-state index is 0.306. The Morgan fingerprint density at radius 3 is 2.60 bits per heavy atom. The fraction of sp³-hybridized carbons (Fsp3) is 0.190. The van der Waals surface area contributed by atoms with Crippen LogP contribution in [0.5, 0.6) is 0 Å². The van der Waals surface area contributed by atoms with Crippen LogP contribution < -0.4 is 0 Å². The summed E-state index contributed by atoms with van der Waals surface area (Å²) in [6.07, 6.45) is 5.08. The number of ether oxygens (including phenoxy) is 1. The maximum Gasteiger partial charge on any atom is 0.356 e. The van der Waals surface area contributed by atoms with Crippen molar-refractivity contribution >= 4 is 5.97 Å². The van der Waals surface area contributed by atoms with Gasteiger partial charge in [0.2, 0.25) is 0 Å². The maximum absolute atomic E-state index is 11.8. The average Bonchev–Trinajstić information content (AvgIpc) is 3.17. The van der Waals surface area contributed by atoms with Gasteiger partial charge in [0.25, 0.3) is 0 Å². The summed E-state index contributed by atoms with van der Waals surface area (Å²) >= 11 is 0. The van der Waals surface area contributed by atoms with Gasteiger partial charge in [-0.1, -0.05) is 36.4 Å². The Kier molecular flexibility index (Phi) is 4.02. The number of benzene rings is 1. The molecule has 1 aliphatic carbocycles. The lowest BCUT2D eigenvalue weighted by molar-refractivity contribution is 0.0594. The predicted molar refractivity (Wildman–Crippen MR) is 96.3 cm³/mol. The molecule has 0 radical (unpaired) electrons. The first-order valence-corrected chi connectivity index (χ1v) is 8.40. The van der Waals surface area contributed by atoms with Gasteiger partial charge in [0.05, 0.1) is 18.5 Å². The van der Waals surface area contributed by atoms with Gasteiger partial charge in [-0.25, -0.2) is 9.78 Å². The smallest absolute Gasteiger partial charge is 0.356 e. The summed E-state index contributed by atoms with van der Waals surface area (Å²) in [5.41, 5.74) is 6.88. The second-order valence-electron chi connectivity index (χ2n) is 6.10.